The fraction of sp³-hybridized carbons (Fsp3) is 0.167. The van der Waals surface area contributed by atoms with Crippen molar-refractivity contribution in [2.75, 3.05) is 14.1 Å². The van der Waals surface area contributed by atoms with E-state index < -0.39 is 15.9 Å². The van der Waals surface area contributed by atoms with Gasteiger partial charge in [-0.3, -0.25) is 4.79 Å². The van der Waals surface area contributed by atoms with Crippen LogP contribution in [-0.4, -0.2) is 42.9 Å². The molecule has 3 rings (SSSR count). The largest absolute Gasteiger partial charge is 0.412 e. The number of halogens is 1. The molecule has 0 aliphatic carbocycles. The van der Waals surface area contributed by atoms with E-state index in [1.807, 2.05) is 6.07 Å². The Morgan fingerprint density at radius 3 is 2.50 bits per heavy atom. The number of hydrogen-bond donors (Lipinski definition) is 1. The second-order valence-electron chi connectivity index (χ2n) is 6.04. The standard InChI is InChI=1S/C18H17ClN4O4S/c1-23(2)28(25,26)15-8-6-13(7-9-15)17-21-22-18(27-17)16(24)20-11-12-4-3-5-14(19)10-12/h3-10H,11H2,1-2H3,(H,20,24). The van der Waals surface area contributed by atoms with Gasteiger partial charge < -0.3 is 9.73 Å². The van der Waals surface area contributed by atoms with Crippen LogP contribution in [0.2, 0.25) is 5.02 Å². The molecule has 0 spiro atoms. The summed E-state index contributed by atoms with van der Waals surface area (Å²) in [6.45, 7) is 0.258. The average Bonchev–Trinajstić information content (AvgIpc) is 3.16. The van der Waals surface area contributed by atoms with Crippen molar-refractivity contribution in [3.63, 3.8) is 0 Å². The first kappa shape index (κ1) is 20.0. The quantitative estimate of drug-likeness (QED) is 0.657. The summed E-state index contributed by atoms with van der Waals surface area (Å²) in [5.41, 5.74) is 1.33. The van der Waals surface area contributed by atoms with Gasteiger partial charge in [-0.05, 0) is 42.0 Å². The maximum Gasteiger partial charge on any atom is 0.309 e. The zero-order chi connectivity index (χ0) is 20.3. The van der Waals surface area contributed by atoms with E-state index in [2.05, 4.69) is 15.5 Å². The molecule has 0 fully saturated rings. The monoisotopic (exact) mass is 420 g/mol. The number of nitrogens with zero attached hydrogens (tertiary/aromatic N) is 3. The van der Waals surface area contributed by atoms with Crippen molar-refractivity contribution in [2.45, 2.75) is 11.4 Å². The van der Waals surface area contributed by atoms with Crippen LogP contribution >= 0.6 is 11.6 Å². The summed E-state index contributed by atoms with van der Waals surface area (Å²) < 4.78 is 30.7. The maximum atomic E-state index is 12.2. The van der Waals surface area contributed by atoms with Crippen molar-refractivity contribution >= 4 is 27.5 Å². The predicted molar refractivity (Wildman–Crippen MR) is 103 cm³/mol. The molecule has 0 saturated carbocycles. The summed E-state index contributed by atoms with van der Waals surface area (Å²) >= 11 is 5.91. The fourth-order valence-corrected chi connectivity index (χ4v) is 3.43. The van der Waals surface area contributed by atoms with Gasteiger partial charge in [0.15, 0.2) is 0 Å². The van der Waals surface area contributed by atoms with Crippen LogP contribution in [0, 0.1) is 0 Å². The number of carbonyl (C=O) groups excluding carboxylic acids is 1. The topological polar surface area (TPSA) is 105 Å². The van der Waals surface area contributed by atoms with E-state index in [0.29, 0.717) is 10.6 Å². The summed E-state index contributed by atoms with van der Waals surface area (Å²) in [6.07, 6.45) is 0. The minimum Gasteiger partial charge on any atom is -0.412 e. The Morgan fingerprint density at radius 1 is 1.14 bits per heavy atom. The highest BCUT2D eigenvalue weighted by Gasteiger charge is 2.19. The molecule has 0 unspecified atom stereocenters. The van der Waals surface area contributed by atoms with Gasteiger partial charge >= 0.3 is 11.8 Å². The number of nitrogens with one attached hydrogen (secondary N) is 1. The minimum atomic E-state index is -3.53. The summed E-state index contributed by atoms with van der Waals surface area (Å²) in [4.78, 5) is 12.3. The Kier molecular flexibility index (Phi) is 5.78. The van der Waals surface area contributed by atoms with Gasteiger partial charge in [-0.1, -0.05) is 23.7 Å². The molecule has 3 aromatic rings. The molecule has 1 heterocycles. The van der Waals surface area contributed by atoms with Gasteiger partial charge in [-0.2, -0.15) is 0 Å². The molecule has 0 saturated heterocycles. The molecule has 8 nitrogen and oxygen atoms in total. The van der Waals surface area contributed by atoms with Gasteiger partial charge in [-0.15, -0.1) is 10.2 Å². The fourth-order valence-electron chi connectivity index (χ4n) is 2.32. The molecule has 10 heteroatoms. The Morgan fingerprint density at radius 2 is 1.86 bits per heavy atom. The second kappa shape index (κ2) is 8.09. The lowest BCUT2D eigenvalue weighted by Gasteiger charge is -2.11. The lowest BCUT2D eigenvalue weighted by atomic mass is 10.2. The third kappa shape index (κ3) is 4.38. The van der Waals surface area contributed by atoms with Crippen LogP contribution in [-0.2, 0) is 16.6 Å². The summed E-state index contributed by atoms with van der Waals surface area (Å²) in [7, 11) is -0.620. The SMILES string of the molecule is CN(C)S(=O)(=O)c1ccc(-c2nnc(C(=O)NCc3cccc(Cl)c3)o2)cc1. The van der Waals surface area contributed by atoms with E-state index in [-0.39, 0.29) is 23.2 Å². The number of sulfonamides is 1. The third-order valence-corrected chi connectivity index (χ3v) is 5.91. The van der Waals surface area contributed by atoms with E-state index in [0.717, 1.165) is 9.87 Å². The van der Waals surface area contributed by atoms with Crippen LogP contribution in [0.4, 0.5) is 0 Å². The van der Waals surface area contributed by atoms with Gasteiger partial charge in [0.25, 0.3) is 0 Å². The van der Waals surface area contributed by atoms with Crippen molar-refractivity contribution in [1.29, 1.82) is 0 Å². The van der Waals surface area contributed by atoms with Crippen LogP contribution in [0.3, 0.4) is 0 Å². The van der Waals surface area contributed by atoms with Crippen molar-refractivity contribution < 1.29 is 17.6 Å². The first-order chi connectivity index (χ1) is 13.3. The van der Waals surface area contributed by atoms with Crippen LogP contribution in [0.5, 0.6) is 0 Å². The average molecular weight is 421 g/mol. The van der Waals surface area contributed by atoms with E-state index >= 15 is 0 Å². The zero-order valence-corrected chi connectivity index (χ0v) is 16.7. The Hall–Kier alpha value is -2.75. The maximum absolute atomic E-state index is 12.2. The molecular formula is C18H17ClN4O4S. The number of benzene rings is 2. The molecule has 1 N–H and O–H groups in total. The molecule has 28 heavy (non-hydrogen) atoms. The molecule has 146 valence electrons. The summed E-state index contributed by atoms with van der Waals surface area (Å²) in [5.74, 6) is -0.603. The van der Waals surface area contributed by atoms with Crippen LogP contribution < -0.4 is 5.32 Å². The van der Waals surface area contributed by atoms with Crippen LogP contribution in [0.25, 0.3) is 11.5 Å². The van der Waals surface area contributed by atoms with Crippen molar-refractivity contribution in [3.05, 3.63) is 65.0 Å². The molecule has 0 bridgehead atoms. The third-order valence-electron chi connectivity index (χ3n) is 3.84. The Labute approximate surface area is 167 Å². The van der Waals surface area contributed by atoms with Crippen molar-refractivity contribution in [3.8, 4) is 11.5 Å². The van der Waals surface area contributed by atoms with Crippen LogP contribution in [0.1, 0.15) is 16.2 Å². The molecule has 0 atom stereocenters. The first-order valence-corrected chi connectivity index (χ1v) is 9.98. The number of hydrogen-bond acceptors (Lipinski definition) is 6. The van der Waals surface area contributed by atoms with Crippen LogP contribution in [0.15, 0.2) is 57.8 Å². The Balaban J connectivity index is 1.70. The van der Waals surface area contributed by atoms with E-state index in [4.69, 9.17) is 16.0 Å². The molecule has 2 aromatic carbocycles. The van der Waals surface area contributed by atoms with Gasteiger partial charge in [-0.25, -0.2) is 12.7 Å². The number of rotatable bonds is 6. The number of carbonyl (C=O) groups is 1. The van der Waals surface area contributed by atoms with Gasteiger partial charge in [0.2, 0.25) is 15.9 Å². The molecule has 1 amide bonds. The van der Waals surface area contributed by atoms with Gasteiger partial charge in [0.1, 0.15) is 0 Å². The zero-order valence-electron chi connectivity index (χ0n) is 15.1. The van der Waals surface area contributed by atoms with Gasteiger partial charge in [0.05, 0.1) is 4.90 Å². The van der Waals surface area contributed by atoms with Gasteiger partial charge in [0, 0.05) is 31.2 Å². The molecule has 0 radical (unpaired) electrons. The highest BCUT2D eigenvalue weighted by molar-refractivity contribution is 7.89. The first-order valence-electron chi connectivity index (χ1n) is 8.16. The minimum absolute atomic E-state index is 0.113. The smallest absolute Gasteiger partial charge is 0.309 e. The van der Waals surface area contributed by atoms with Crippen molar-refractivity contribution in [2.24, 2.45) is 0 Å². The summed E-state index contributed by atoms with van der Waals surface area (Å²) in [6, 6.07) is 13.1. The summed E-state index contributed by atoms with van der Waals surface area (Å²) in [5, 5.41) is 10.8. The molecule has 0 aliphatic rings. The predicted octanol–water partition coefficient (Wildman–Crippen LogP) is 2.57. The lowest BCUT2D eigenvalue weighted by Crippen LogP contribution is -2.23. The highest BCUT2D eigenvalue weighted by atomic mass is 35.5. The second-order valence-corrected chi connectivity index (χ2v) is 8.63. The molecule has 1 aromatic heterocycles. The van der Waals surface area contributed by atoms with E-state index in [9.17, 15) is 13.2 Å². The number of amides is 1. The normalized spacial score (nSPS) is 11.6. The van der Waals surface area contributed by atoms with E-state index in [1.54, 1.807) is 18.2 Å². The highest BCUT2D eigenvalue weighted by Crippen LogP contribution is 2.21. The van der Waals surface area contributed by atoms with E-state index in [1.165, 1.54) is 38.4 Å². The lowest BCUT2D eigenvalue weighted by molar-refractivity contribution is 0.0917. The Bertz CT molecular complexity index is 1090. The number of aromatic nitrogens is 2. The van der Waals surface area contributed by atoms with Crippen molar-refractivity contribution in [1.82, 2.24) is 19.8 Å². The molecular weight excluding hydrogens is 404 g/mol. The molecule has 0 aliphatic heterocycles.